The first-order valence-electron chi connectivity index (χ1n) is 12.6. The zero-order valence-electron chi connectivity index (χ0n) is 22.2. The lowest BCUT2D eigenvalue weighted by Crippen LogP contribution is -2.57. The van der Waals surface area contributed by atoms with Gasteiger partial charge in [-0.05, 0) is 79.9 Å². The van der Waals surface area contributed by atoms with E-state index in [1.54, 1.807) is 63.2 Å². The van der Waals surface area contributed by atoms with Crippen molar-refractivity contribution in [3.8, 4) is 5.75 Å². The maximum atomic E-state index is 14.6. The number of nitrogens with one attached hydrogen (secondary N) is 2. The second-order valence-electron chi connectivity index (χ2n) is 10.6. The van der Waals surface area contributed by atoms with E-state index in [4.69, 9.17) is 32.7 Å². The minimum absolute atomic E-state index is 0.115. The molecule has 0 unspecified atom stereocenters. The molecule has 0 aliphatic carbocycles. The van der Waals surface area contributed by atoms with Gasteiger partial charge in [0, 0.05) is 33.6 Å². The number of carbonyl (C=O) groups is 3. The maximum absolute atomic E-state index is 14.6. The van der Waals surface area contributed by atoms with E-state index in [1.165, 1.54) is 19.2 Å². The second-order valence-corrected chi connectivity index (χ2v) is 11.4. The van der Waals surface area contributed by atoms with E-state index in [0.717, 1.165) is 0 Å². The molecule has 2 amide bonds. The van der Waals surface area contributed by atoms with Gasteiger partial charge in [0.15, 0.2) is 5.60 Å². The molecule has 2 aliphatic heterocycles. The number of halogens is 3. The predicted molar refractivity (Wildman–Crippen MR) is 149 cm³/mol. The fourth-order valence-corrected chi connectivity index (χ4v) is 6.24. The Morgan fingerprint density at radius 1 is 1.02 bits per heavy atom. The number of methoxy groups -OCH3 is 1. The van der Waals surface area contributed by atoms with Crippen molar-refractivity contribution >= 4 is 46.7 Å². The van der Waals surface area contributed by atoms with Crippen molar-refractivity contribution in [2.24, 2.45) is 0 Å². The van der Waals surface area contributed by atoms with Gasteiger partial charge in [0.05, 0.1) is 13.2 Å². The molecule has 1 fully saturated rings. The molecule has 2 heterocycles. The molecule has 208 valence electrons. The average Bonchev–Trinajstić information content (AvgIpc) is 3.18. The first-order valence-corrected chi connectivity index (χ1v) is 13.4. The van der Waals surface area contributed by atoms with Crippen molar-refractivity contribution in [2.45, 2.75) is 50.2 Å². The molecule has 2 N–H and O–H groups in total. The number of fused-ring (bicyclic) bond motifs is 2. The van der Waals surface area contributed by atoms with Crippen molar-refractivity contribution in [1.82, 2.24) is 5.32 Å². The molecule has 7 nitrogen and oxygen atoms in total. The van der Waals surface area contributed by atoms with Gasteiger partial charge in [-0.25, -0.2) is 9.18 Å². The lowest BCUT2D eigenvalue weighted by atomic mass is 9.59. The fourth-order valence-electron chi connectivity index (χ4n) is 5.89. The normalized spacial score (nSPS) is 22.0. The van der Waals surface area contributed by atoms with Crippen LogP contribution in [0.2, 0.25) is 10.0 Å². The quantitative estimate of drug-likeness (QED) is 0.358. The average molecular weight is 585 g/mol. The van der Waals surface area contributed by atoms with Crippen LogP contribution in [0.4, 0.5) is 10.1 Å². The number of amides is 2. The Balaban J connectivity index is 1.81. The molecular formula is C30H27Cl2FN2O5. The number of aryl methyl sites for hydroxylation is 1. The molecule has 3 aromatic rings. The number of carbonyl (C=O) groups excluding carboxylic acids is 3. The van der Waals surface area contributed by atoms with Gasteiger partial charge in [0.2, 0.25) is 11.8 Å². The lowest BCUT2D eigenvalue weighted by Gasteiger charge is -2.47. The number of ether oxygens (including phenoxy) is 2. The van der Waals surface area contributed by atoms with E-state index in [9.17, 15) is 18.8 Å². The SMILES string of the molecule is COC(=O)C(C)(C)Oc1ccc(Cl)cc1[C@@H]1CC(=O)N[C@H](c2cc(F)ccc2C)[C@@]12C(=O)Nc1cc(Cl)ccc12. The molecule has 3 aromatic carbocycles. The topological polar surface area (TPSA) is 93.7 Å². The van der Waals surface area contributed by atoms with Gasteiger partial charge in [0.1, 0.15) is 17.0 Å². The van der Waals surface area contributed by atoms with Crippen molar-refractivity contribution in [2.75, 3.05) is 12.4 Å². The first-order chi connectivity index (χ1) is 18.9. The minimum atomic E-state index is -1.45. The number of hydrogen-bond donors (Lipinski definition) is 2. The highest BCUT2D eigenvalue weighted by molar-refractivity contribution is 6.31. The number of rotatable bonds is 5. The van der Waals surface area contributed by atoms with Crippen LogP contribution in [0.3, 0.4) is 0 Å². The number of hydrogen-bond acceptors (Lipinski definition) is 5. The van der Waals surface area contributed by atoms with Crippen LogP contribution in [0.15, 0.2) is 54.6 Å². The highest BCUT2D eigenvalue weighted by Gasteiger charge is 2.62. The molecule has 0 bridgehead atoms. The third-order valence-corrected chi connectivity index (χ3v) is 8.16. The van der Waals surface area contributed by atoms with E-state index in [-0.39, 0.29) is 18.1 Å². The highest BCUT2D eigenvalue weighted by Crippen LogP contribution is 2.59. The van der Waals surface area contributed by atoms with E-state index in [1.807, 2.05) is 0 Å². The maximum Gasteiger partial charge on any atom is 0.349 e. The molecule has 1 saturated heterocycles. The number of anilines is 1. The molecule has 10 heteroatoms. The second kappa shape index (κ2) is 10.1. The number of esters is 1. The Labute approximate surface area is 240 Å². The molecule has 3 atom stereocenters. The van der Waals surface area contributed by atoms with Gasteiger partial charge >= 0.3 is 5.97 Å². The van der Waals surface area contributed by atoms with E-state index < -0.39 is 40.7 Å². The van der Waals surface area contributed by atoms with Gasteiger partial charge in [0.25, 0.3) is 0 Å². The summed E-state index contributed by atoms with van der Waals surface area (Å²) in [5.41, 5.74) is -0.202. The van der Waals surface area contributed by atoms with Crippen LogP contribution in [0.1, 0.15) is 54.5 Å². The molecular weight excluding hydrogens is 558 g/mol. The first kappa shape index (κ1) is 27.9. The Hall–Kier alpha value is -3.62. The van der Waals surface area contributed by atoms with Gasteiger partial charge in [-0.3, -0.25) is 9.59 Å². The van der Waals surface area contributed by atoms with Crippen LogP contribution < -0.4 is 15.4 Å². The van der Waals surface area contributed by atoms with Crippen LogP contribution in [-0.2, 0) is 24.5 Å². The largest absolute Gasteiger partial charge is 0.476 e. The zero-order valence-corrected chi connectivity index (χ0v) is 23.7. The van der Waals surface area contributed by atoms with Gasteiger partial charge < -0.3 is 20.1 Å². The summed E-state index contributed by atoms with van der Waals surface area (Å²) in [6, 6.07) is 13.2. The van der Waals surface area contributed by atoms with Crippen molar-refractivity contribution in [1.29, 1.82) is 0 Å². The van der Waals surface area contributed by atoms with Crippen LogP contribution in [0.5, 0.6) is 5.75 Å². The monoisotopic (exact) mass is 584 g/mol. The molecule has 1 spiro atoms. The molecule has 40 heavy (non-hydrogen) atoms. The molecule has 5 rings (SSSR count). The predicted octanol–water partition coefficient (Wildman–Crippen LogP) is 6.01. The van der Waals surface area contributed by atoms with Gasteiger partial charge in [-0.2, -0.15) is 0 Å². The fraction of sp³-hybridized carbons (Fsp3) is 0.300. The summed E-state index contributed by atoms with van der Waals surface area (Å²) in [6.45, 7) is 4.90. The van der Waals surface area contributed by atoms with Crippen LogP contribution in [-0.4, -0.2) is 30.5 Å². The Bertz CT molecular complexity index is 1560. The standard InChI is InChI=1S/C30H27Cl2FN2O5/c1-15-5-8-18(33)13-19(15)26-30(21-9-6-17(32)12-23(21)34-27(30)37)22(14-25(36)35-26)20-11-16(31)7-10-24(20)40-29(2,3)28(38)39-4/h5-13,22,26H,14H2,1-4H3,(H,34,37)(H,35,36)/t22-,26+,30-/m0/s1. The molecule has 0 aromatic heterocycles. The Morgan fingerprint density at radius 2 is 1.73 bits per heavy atom. The van der Waals surface area contributed by atoms with Crippen molar-refractivity contribution < 1.29 is 28.2 Å². The smallest absolute Gasteiger partial charge is 0.349 e. The van der Waals surface area contributed by atoms with Gasteiger partial charge in [-0.1, -0.05) is 35.3 Å². The van der Waals surface area contributed by atoms with Crippen LogP contribution in [0.25, 0.3) is 0 Å². The summed E-state index contributed by atoms with van der Waals surface area (Å²) in [6.07, 6.45) is -0.115. The molecule has 0 radical (unpaired) electrons. The lowest BCUT2D eigenvalue weighted by molar-refractivity contribution is -0.156. The van der Waals surface area contributed by atoms with Crippen LogP contribution >= 0.6 is 23.2 Å². The summed E-state index contributed by atoms with van der Waals surface area (Å²) in [7, 11) is 1.26. The van der Waals surface area contributed by atoms with Gasteiger partial charge in [-0.15, -0.1) is 0 Å². The van der Waals surface area contributed by atoms with Crippen LogP contribution in [0, 0.1) is 12.7 Å². The summed E-state index contributed by atoms with van der Waals surface area (Å²) in [5.74, 6) is -2.45. The minimum Gasteiger partial charge on any atom is -0.476 e. The van der Waals surface area contributed by atoms with Crippen molar-refractivity contribution in [3.05, 3.63) is 92.7 Å². The summed E-state index contributed by atoms with van der Waals surface area (Å²) < 4.78 is 25.7. The van der Waals surface area contributed by atoms with E-state index >= 15 is 0 Å². The molecule has 0 saturated carbocycles. The van der Waals surface area contributed by atoms with E-state index in [0.29, 0.717) is 38.0 Å². The Morgan fingerprint density at radius 3 is 2.45 bits per heavy atom. The highest BCUT2D eigenvalue weighted by atomic mass is 35.5. The zero-order chi connectivity index (χ0) is 29.0. The summed E-state index contributed by atoms with van der Waals surface area (Å²) in [5, 5.41) is 6.68. The Kier molecular flexibility index (Phi) is 7.04. The van der Waals surface area contributed by atoms with E-state index in [2.05, 4.69) is 10.6 Å². The third-order valence-electron chi connectivity index (χ3n) is 7.69. The third kappa shape index (κ3) is 4.49. The summed E-state index contributed by atoms with van der Waals surface area (Å²) in [4.78, 5) is 40.1. The summed E-state index contributed by atoms with van der Waals surface area (Å²) >= 11 is 12.8. The molecule has 2 aliphatic rings. The van der Waals surface area contributed by atoms with Crippen molar-refractivity contribution in [3.63, 3.8) is 0 Å². The number of piperidine rings is 1. The number of benzene rings is 3.